The Hall–Kier alpha value is -4.11. The molecule has 0 aromatic rings. The Kier molecular flexibility index (Phi) is 49.9. The second-order valence-electron chi connectivity index (χ2n) is 7.20. The highest BCUT2D eigenvalue weighted by atomic mass is 16.5. The minimum Gasteiger partial charge on any atom is -0.478 e. The molecule has 42 heavy (non-hydrogen) atoms. The monoisotopic (exact) mass is 608 g/mol. The fourth-order valence-electron chi connectivity index (χ4n) is 0.827. The number of ether oxygens (including phenoxy) is 3. The topological polar surface area (TPSA) is 234 Å². The zero-order valence-corrected chi connectivity index (χ0v) is 25.0. The Balaban J connectivity index is -0.0000000944. The van der Waals surface area contributed by atoms with Crippen LogP contribution in [-0.4, -0.2) is 107 Å². The van der Waals surface area contributed by atoms with Gasteiger partial charge in [-0.15, -0.1) is 0 Å². The highest BCUT2D eigenvalue weighted by Crippen LogP contribution is 1.88. The van der Waals surface area contributed by atoms with E-state index in [4.69, 9.17) is 40.1 Å². The van der Waals surface area contributed by atoms with Gasteiger partial charge in [0.15, 0.2) is 0 Å². The van der Waals surface area contributed by atoms with Crippen molar-refractivity contribution in [3.63, 3.8) is 0 Å². The lowest BCUT2D eigenvalue weighted by atomic mass is 10.4. The second kappa shape index (κ2) is 41.4. The first kappa shape index (κ1) is 50.7. The number of unbranched alkanes of at least 4 members (excludes halogenated alkanes) is 1. The molecule has 14 nitrogen and oxygen atoms in total. The van der Waals surface area contributed by atoms with Crippen molar-refractivity contribution in [2.45, 2.75) is 40.5 Å². The van der Waals surface area contributed by atoms with Crippen molar-refractivity contribution in [2.24, 2.45) is 0 Å². The summed E-state index contributed by atoms with van der Waals surface area (Å²) in [6, 6.07) is 0. The zero-order valence-electron chi connectivity index (χ0n) is 25.0. The van der Waals surface area contributed by atoms with Crippen molar-refractivity contribution < 1.29 is 68.8 Å². The largest absolute Gasteiger partial charge is 0.478 e. The molecule has 0 aromatic heterocycles. The summed E-state index contributed by atoms with van der Waals surface area (Å²) in [5.74, 6) is -4.12. The number of aliphatic hydroxyl groups is 2. The number of carbonyl (C=O) groups excluding carboxylic acids is 1. The fourth-order valence-corrected chi connectivity index (χ4v) is 0.827. The van der Waals surface area contributed by atoms with E-state index in [1.54, 1.807) is 0 Å². The average molecular weight is 609 g/mol. The van der Waals surface area contributed by atoms with Crippen LogP contribution < -0.4 is 0 Å². The lowest BCUT2D eigenvalue weighted by Gasteiger charge is -2.01. The maximum Gasteiger partial charge on any atom is 0.330 e. The molecule has 0 heterocycles. The van der Waals surface area contributed by atoms with Crippen molar-refractivity contribution in [3.05, 3.63) is 61.8 Å². The van der Waals surface area contributed by atoms with Gasteiger partial charge in [-0.3, -0.25) is 0 Å². The van der Waals surface area contributed by atoms with Gasteiger partial charge in [-0.05, 0) is 27.2 Å². The van der Waals surface area contributed by atoms with Crippen molar-refractivity contribution >= 4 is 29.8 Å². The summed E-state index contributed by atoms with van der Waals surface area (Å²) in [5, 5.41) is 47.8. The molecule has 0 unspecified atom stereocenters. The van der Waals surface area contributed by atoms with Gasteiger partial charge in [-0.2, -0.15) is 0 Å². The van der Waals surface area contributed by atoms with Gasteiger partial charge in [0, 0.05) is 28.9 Å². The Labute approximate surface area is 247 Å². The third-order valence-electron chi connectivity index (χ3n) is 3.02. The molecule has 0 spiro atoms. The zero-order chi connectivity index (χ0) is 34.5. The molecular weight excluding hydrogens is 560 g/mol. The molecule has 14 heteroatoms. The lowest BCUT2D eigenvalue weighted by Crippen LogP contribution is -2.09. The number of aliphatic carboxylic acids is 4. The molecule has 0 radical (unpaired) electrons. The molecule has 0 atom stereocenters. The molecule has 0 fully saturated rings. The van der Waals surface area contributed by atoms with Crippen LogP contribution in [0.15, 0.2) is 61.8 Å². The number of carbonyl (C=O) groups is 5. The summed E-state index contributed by atoms with van der Waals surface area (Å²) in [6.07, 6.45) is 3.99. The highest BCUT2D eigenvalue weighted by Gasteiger charge is 1.92. The van der Waals surface area contributed by atoms with Gasteiger partial charge < -0.3 is 44.8 Å². The first-order chi connectivity index (χ1) is 19.4. The van der Waals surface area contributed by atoms with E-state index in [0.29, 0.717) is 33.0 Å². The molecule has 6 N–H and O–H groups in total. The summed E-state index contributed by atoms with van der Waals surface area (Å²) in [4.78, 5) is 48.4. The first-order valence-corrected chi connectivity index (χ1v) is 12.1. The van der Waals surface area contributed by atoms with E-state index >= 15 is 0 Å². The van der Waals surface area contributed by atoms with E-state index in [-0.39, 0.29) is 35.9 Å². The summed E-state index contributed by atoms with van der Waals surface area (Å²) < 4.78 is 14.4. The summed E-state index contributed by atoms with van der Waals surface area (Å²) in [7, 11) is 0. The predicted molar refractivity (Wildman–Crippen MR) is 157 cm³/mol. The Bertz CT molecular complexity index is 699. The third kappa shape index (κ3) is 76.5. The Morgan fingerprint density at radius 2 is 0.905 bits per heavy atom. The van der Waals surface area contributed by atoms with Crippen LogP contribution in [0.25, 0.3) is 0 Å². The molecule has 0 saturated carbocycles. The number of esters is 1. The SMILES string of the molecule is C=C(C)C(=O)O.C=C(C)C(=O)O.C=C(C)C(=O)O.C=CC(=O)O.C=CC(=O)OCCCC.OCCOCCOCCO. The number of hydrogen-bond donors (Lipinski definition) is 6. The summed E-state index contributed by atoms with van der Waals surface area (Å²) in [5.41, 5.74) is 0.528. The lowest BCUT2D eigenvalue weighted by molar-refractivity contribution is -0.138. The van der Waals surface area contributed by atoms with Gasteiger partial charge in [0.1, 0.15) is 0 Å². The maximum absolute atomic E-state index is 10.3. The molecule has 0 bridgehead atoms. The number of hydrogen-bond acceptors (Lipinski definition) is 10. The van der Waals surface area contributed by atoms with Gasteiger partial charge in [0.05, 0.1) is 46.2 Å². The van der Waals surface area contributed by atoms with E-state index in [2.05, 4.69) is 37.6 Å². The Morgan fingerprint density at radius 3 is 1.07 bits per heavy atom. The molecule has 0 aromatic carbocycles. The molecule has 0 aliphatic carbocycles. The van der Waals surface area contributed by atoms with Crippen LogP contribution in [-0.2, 0) is 38.2 Å². The number of rotatable bonds is 15. The van der Waals surface area contributed by atoms with E-state index < -0.39 is 23.9 Å². The molecule has 0 aliphatic rings. The molecule has 0 amide bonds. The van der Waals surface area contributed by atoms with Crippen molar-refractivity contribution in [2.75, 3.05) is 46.2 Å². The minimum absolute atomic E-state index is 0.0417. The number of carboxylic acid groups (broad SMARTS) is 4. The van der Waals surface area contributed by atoms with Crippen LogP contribution in [0, 0.1) is 0 Å². The molecule has 0 rings (SSSR count). The van der Waals surface area contributed by atoms with E-state index in [9.17, 15) is 24.0 Å². The summed E-state index contributed by atoms with van der Waals surface area (Å²) >= 11 is 0. The van der Waals surface area contributed by atoms with Gasteiger partial charge >= 0.3 is 29.8 Å². The van der Waals surface area contributed by atoms with Crippen molar-refractivity contribution in [1.29, 1.82) is 0 Å². The molecule has 244 valence electrons. The van der Waals surface area contributed by atoms with Crippen LogP contribution in [0.4, 0.5) is 0 Å². The number of carboxylic acids is 4. The van der Waals surface area contributed by atoms with E-state index in [1.165, 1.54) is 26.8 Å². The second-order valence-corrected chi connectivity index (χ2v) is 7.20. The molecule has 0 aliphatic heterocycles. The Morgan fingerprint density at radius 1 is 0.619 bits per heavy atom. The number of aliphatic hydroxyl groups excluding tert-OH is 2. The highest BCUT2D eigenvalue weighted by molar-refractivity contribution is 5.85. The smallest absolute Gasteiger partial charge is 0.330 e. The molecular formula is C28H48O14. The first-order valence-electron chi connectivity index (χ1n) is 12.1. The normalized spacial score (nSPS) is 8.24. The van der Waals surface area contributed by atoms with Crippen LogP contribution in [0.1, 0.15) is 40.5 Å². The van der Waals surface area contributed by atoms with Crippen molar-refractivity contribution in [3.8, 4) is 0 Å². The van der Waals surface area contributed by atoms with Gasteiger partial charge in [-0.1, -0.05) is 46.2 Å². The van der Waals surface area contributed by atoms with Gasteiger partial charge in [0.25, 0.3) is 0 Å². The predicted octanol–water partition coefficient (Wildman–Crippen LogP) is 2.72. The quantitative estimate of drug-likeness (QED) is 0.0891. The van der Waals surface area contributed by atoms with Crippen LogP contribution in [0.3, 0.4) is 0 Å². The van der Waals surface area contributed by atoms with E-state index in [1.807, 2.05) is 6.92 Å². The standard InChI is InChI=1S/C7H12O2.C6H14O4.3C4H6O2.C3H4O2/c1-3-5-6-9-7(8)4-2;7-1-3-9-5-6-10-4-2-8;3*1-3(2)4(5)6;1-2-3(4)5/h4H,2-3,5-6H2,1H3;7-8H,1-6H2;3*1H2,2H3,(H,5,6);2H,1H2,(H,4,5). The van der Waals surface area contributed by atoms with Crippen molar-refractivity contribution in [1.82, 2.24) is 0 Å². The van der Waals surface area contributed by atoms with Crippen LogP contribution in [0.5, 0.6) is 0 Å². The minimum atomic E-state index is -0.981. The van der Waals surface area contributed by atoms with Crippen LogP contribution in [0.2, 0.25) is 0 Å². The third-order valence-corrected chi connectivity index (χ3v) is 3.02. The van der Waals surface area contributed by atoms with Crippen LogP contribution >= 0.6 is 0 Å². The van der Waals surface area contributed by atoms with Gasteiger partial charge in [0.2, 0.25) is 0 Å². The van der Waals surface area contributed by atoms with E-state index in [0.717, 1.165) is 18.9 Å². The fraction of sp³-hybridized carbons (Fsp3) is 0.464. The summed E-state index contributed by atoms with van der Waals surface area (Å²) in [6.45, 7) is 24.3. The molecule has 0 saturated heterocycles. The van der Waals surface area contributed by atoms with Gasteiger partial charge in [-0.25, -0.2) is 24.0 Å². The average Bonchev–Trinajstić information content (AvgIpc) is 2.92. The maximum atomic E-state index is 10.3.